The van der Waals surface area contributed by atoms with Gasteiger partial charge in [0.1, 0.15) is 0 Å². The lowest BCUT2D eigenvalue weighted by molar-refractivity contribution is -0.139. The lowest BCUT2D eigenvalue weighted by Gasteiger charge is -2.23. The molecule has 6 nitrogen and oxygen atoms in total. The lowest BCUT2D eigenvalue weighted by atomic mass is 10.2. The van der Waals surface area contributed by atoms with Gasteiger partial charge in [-0.3, -0.25) is 9.69 Å². The van der Waals surface area contributed by atoms with Crippen molar-refractivity contribution in [3.63, 3.8) is 0 Å². The average Bonchev–Trinajstić information content (AvgIpc) is 2.96. The highest BCUT2D eigenvalue weighted by Crippen LogP contribution is 2.23. The van der Waals surface area contributed by atoms with E-state index in [0.29, 0.717) is 23.3 Å². The van der Waals surface area contributed by atoms with Crippen molar-refractivity contribution >= 4 is 17.6 Å². The van der Waals surface area contributed by atoms with Gasteiger partial charge in [-0.1, -0.05) is 23.7 Å². The van der Waals surface area contributed by atoms with E-state index < -0.39 is 5.97 Å². The van der Waals surface area contributed by atoms with Gasteiger partial charge in [-0.25, -0.2) is 0 Å². The number of halogens is 1. The molecule has 0 aliphatic heterocycles. The average molecular weight is 324 g/mol. The Hall–Kier alpha value is -1.92. The van der Waals surface area contributed by atoms with E-state index >= 15 is 0 Å². The van der Waals surface area contributed by atoms with Gasteiger partial charge in [-0.2, -0.15) is 4.98 Å². The first-order valence-electron chi connectivity index (χ1n) is 7.06. The third-order valence-corrected chi connectivity index (χ3v) is 3.55. The molecule has 0 saturated heterocycles. The van der Waals surface area contributed by atoms with E-state index in [1.807, 2.05) is 26.0 Å². The van der Waals surface area contributed by atoms with Crippen molar-refractivity contribution in [2.45, 2.75) is 26.3 Å². The number of benzene rings is 1. The SMILES string of the molecule is CCCN(CC(=O)O)C(C)c1nc(-c2ccc(Cl)cc2)no1. The van der Waals surface area contributed by atoms with Crippen LogP contribution in [-0.4, -0.2) is 39.2 Å². The fourth-order valence-electron chi connectivity index (χ4n) is 2.15. The molecule has 0 fully saturated rings. The normalized spacial score (nSPS) is 12.5. The third kappa shape index (κ3) is 4.05. The molecule has 0 saturated carbocycles. The Bertz CT molecular complexity index is 627. The van der Waals surface area contributed by atoms with Gasteiger partial charge in [0.15, 0.2) is 0 Å². The summed E-state index contributed by atoms with van der Waals surface area (Å²) in [6.07, 6.45) is 0.843. The summed E-state index contributed by atoms with van der Waals surface area (Å²) in [5.41, 5.74) is 0.798. The molecule has 22 heavy (non-hydrogen) atoms. The minimum absolute atomic E-state index is 0.0618. The van der Waals surface area contributed by atoms with Crippen LogP contribution in [0, 0.1) is 0 Å². The van der Waals surface area contributed by atoms with Crippen LogP contribution in [0.25, 0.3) is 11.4 Å². The highest BCUT2D eigenvalue weighted by atomic mass is 35.5. The molecule has 7 heteroatoms. The molecular formula is C15H18ClN3O3. The van der Waals surface area contributed by atoms with Crippen molar-refractivity contribution in [2.75, 3.05) is 13.1 Å². The van der Waals surface area contributed by atoms with Gasteiger partial charge in [0, 0.05) is 10.6 Å². The van der Waals surface area contributed by atoms with Crippen LogP contribution in [0.4, 0.5) is 0 Å². The summed E-state index contributed by atoms with van der Waals surface area (Å²) in [4.78, 5) is 17.1. The molecule has 1 aromatic carbocycles. The van der Waals surface area contributed by atoms with E-state index in [9.17, 15) is 4.79 Å². The second kappa shape index (κ2) is 7.38. The Morgan fingerprint density at radius 3 is 2.68 bits per heavy atom. The Balaban J connectivity index is 2.18. The maximum absolute atomic E-state index is 11.0. The third-order valence-electron chi connectivity index (χ3n) is 3.30. The van der Waals surface area contributed by atoms with Crippen LogP contribution in [-0.2, 0) is 4.79 Å². The van der Waals surface area contributed by atoms with E-state index in [-0.39, 0.29) is 12.6 Å². The quantitative estimate of drug-likeness (QED) is 0.842. The summed E-state index contributed by atoms with van der Waals surface area (Å²) in [6, 6.07) is 6.87. The van der Waals surface area contributed by atoms with Crippen molar-refractivity contribution in [1.82, 2.24) is 15.0 Å². The zero-order chi connectivity index (χ0) is 16.1. The van der Waals surface area contributed by atoms with Crippen molar-refractivity contribution in [1.29, 1.82) is 0 Å². The van der Waals surface area contributed by atoms with Crippen LogP contribution in [0.3, 0.4) is 0 Å². The molecule has 118 valence electrons. The number of nitrogens with zero attached hydrogens (tertiary/aromatic N) is 3. The van der Waals surface area contributed by atoms with Crippen molar-refractivity contribution in [3.8, 4) is 11.4 Å². The lowest BCUT2D eigenvalue weighted by Crippen LogP contribution is -2.33. The van der Waals surface area contributed by atoms with E-state index in [2.05, 4.69) is 10.1 Å². The summed E-state index contributed by atoms with van der Waals surface area (Å²) in [6.45, 7) is 4.44. The molecule has 0 aliphatic rings. The predicted molar refractivity (Wildman–Crippen MR) is 82.7 cm³/mol. The van der Waals surface area contributed by atoms with Crippen LogP contribution >= 0.6 is 11.6 Å². The van der Waals surface area contributed by atoms with Crippen LogP contribution in [0.1, 0.15) is 32.2 Å². The summed E-state index contributed by atoms with van der Waals surface area (Å²) in [5.74, 6) is -0.0114. The van der Waals surface area contributed by atoms with Crippen molar-refractivity contribution < 1.29 is 14.4 Å². The van der Waals surface area contributed by atoms with Gasteiger partial charge < -0.3 is 9.63 Å². The molecule has 2 aromatic rings. The van der Waals surface area contributed by atoms with Gasteiger partial charge in [0.05, 0.1) is 12.6 Å². The fraction of sp³-hybridized carbons (Fsp3) is 0.400. The first-order valence-corrected chi connectivity index (χ1v) is 7.44. The number of hydrogen-bond donors (Lipinski definition) is 1. The number of aromatic nitrogens is 2. The molecule has 2 rings (SSSR count). The molecule has 0 radical (unpaired) electrons. The fourth-order valence-corrected chi connectivity index (χ4v) is 2.27. The monoisotopic (exact) mass is 323 g/mol. The molecule has 0 aliphatic carbocycles. The molecule has 1 unspecified atom stereocenters. The van der Waals surface area contributed by atoms with Crippen LogP contribution in [0.5, 0.6) is 0 Å². The molecule has 0 amide bonds. The standard InChI is InChI=1S/C15H18ClN3O3/c1-3-8-19(9-13(20)21)10(2)15-17-14(18-22-15)11-4-6-12(16)7-5-11/h4-7,10H,3,8-9H2,1-2H3,(H,20,21). The summed E-state index contributed by atoms with van der Waals surface area (Å²) >= 11 is 5.85. The number of carboxylic acid groups (broad SMARTS) is 1. The summed E-state index contributed by atoms with van der Waals surface area (Å²) < 4.78 is 5.29. The van der Waals surface area contributed by atoms with Crippen LogP contribution < -0.4 is 0 Å². The largest absolute Gasteiger partial charge is 0.480 e. The Morgan fingerprint density at radius 2 is 2.09 bits per heavy atom. The summed E-state index contributed by atoms with van der Waals surface area (Å²) in [7, 11) is 0. The molecule has 1 atom stereocenters. The number of hydrogen-bond acceptors (Lipinski definition) is 5. The predicted octanol–water partition coefficient (Wildman–Crippen LogP) is 3.25. The molecule has 1 N–H and O–H groups in total. The molecule has 1 aromatic heterocycles. The maximum Gasteiger partial charge on any atom is 0.317 e. The highest BCUT2D eigenvalue weighted by Gasteiger charge is 2.23. The minimum Gasteiger partial charge on any atom is -0.480 e. The van der Waals surface area contributed by atoms with Crippen LogP contribution in [0.15, 0.2) is 28.8 Å². The van der Waals surface area contributed by atoms with Gasteiger partial charge in [-0.15, -0.1) is 0 Å². The first-order chi connectivity index (χ1) is 10.5. The van der Waals surface area contributed by atoms with Crippen molar-refractivity contribution in [2.24, 2.45) is 0 Å². The van der Waals surface area contributed by atoms with Crippen molar-refractivity contribution in [3.05, 3.63) is 35.2 Å². The second-order valence-corrected chi connectivity index (χ2v) is 5.44. The number of aliphatic carboxylic acids is 1. The van der Waals surface area contributed by atoms with Crippen LogP contribution in [0.2, 0.25) is 5.02 Å². The Morgan fingerprint density at radius 1 is 1.41 bits per heavy atom. The van der Waals surface area contributed by atoms with Gasteiger partial charge in [0.2, 0.25) is 11.7 Å². The Kier molecular flexibility index (Phi) is 5.51. The zero-order valence-electron chi connectivity index (χ0n) is 12.5. The number of carbonyl (C=O) groups is 1. The van der Waals surface area contributed by atoms with E-state index in [4.69, 9.17) is 21.2 Å². The highest BCUT2D eigenvalue weighted by molar-refractivity contribution is 6.30. The topological polar surface area (TPSA) is 79.5 Å². The molecule has 1 heterocycles. The smallest absolute Gasteiger partial charge is 0.317 e. The number of carboxylic acids is 1. The first kappa shape index (κ1) is 16.5. The molecule has 0 bridgehead atoms. The van der Waals surface area contributed by atoms with E-state index in [0.717, 1.165) is 12.0 Å². The van der Waals surface area contributed by atoms with Gasteiger partial charge >= 0.3 is 5.97 Å². The summed E-state index contributed by atoms with van der Waals surface area (Å²) in [5, 5.41) is 13.6. The van der Waals surface area contributed by atoms with Gasteiger partial charge in [0.25, 0.3) is 0 Å². The Labute approximate surface area is 133 Å². The molecule has 0 spiro atoms. The zero-order valence-corrected chi connectivity index (χ0v) is 13.2. The van der Waals surface area contributed by atoms with E-state index in [1.54, 1.807) is 17.0 Å². The second-order valence-electron chi connectivity index (χ2n) is 5.00. The number of rotatable bonds is 7. The minimum atomic E-state index is -0.877. The maximum atomic E-state index is 11.0. The van der Waals surface area contributed by atoms with E-state index in [1.165, 1.54) is 0 Å². The molecular weight excluding hydrogens is 306 g/mol. The van der Waals surface area contributed by atoms with Gasteiger partial charge in [-0.05, 0) is 44.2 Å².